The summed E-state index contributed by atoms with van der Waals surface area (Å²) in [5.41, 5.74) is 1.96. The van der Waals surface area contributed by atoms with Gasteiger partial charge in [0.1, 0.15) is 37.8 Å². The van der Waals surface area contributed by atoms with Crippen molar-refractivity contribution < 1.29 is 90.8 Å². The highest BCUT2D eigenvalue weighted by Crippen LogP contribution is 2.42. The van der Waals surface area contributed by atoms with Crippen molar-refractivity contribution in [2.24, 2.45) is 11.8 Å². The summed E-state index contributed by atoms with van der Waals surface area (Å²) in [6.45, 7) is 9.39. The quantitative estimate of drug-likeness (QED) is 0.0240. The number of nitrogens with zero attached hydrogens (tertiary/aromatic N) is 6. The van der Waals surface area contributed by atoms with E-state index in [-0.39, 0.29) is 85.7 Å². The molecule has 0 spiro atoms. The van der Waals surface area contributed by atoms with Crippen LogP contribution in [-0.2, 0) is 124 Å². The Morgan fingerprint density at radius 3 is 1.89 bits per heavy atom. The predicted molar refractivity (Wildman–Crippen MR) is 316 cm³/mol. The number of rotatable bonds is 41. The van der Waals surface area contributed by atoms with Crippen molar-refractivity contribution in [2.45, 2.75) is 84.2 Å². The monoisotopic (exact) mass is 1260 g/mol. The molecule has 29 heteroatoms. The summed E-state index contributed by atoms with van der Waals surface area (Å²) in [5.74, 6) is -3.40. The van der Waals surface area contributed by atoms with Crippen molar-refractivity contribution in [1.82, 2.24) is 45.4 Å². The Bertz CT molecular complexity index is 3180. The molecule has 29 nitrogen and oxygen atoms in total. The van der Waals surface area contributed by atoms with Gasteiger partial charge >= 0.3 is 11.9 Å². The molecule has 490 valence electrons. The number of amides is 5. The first kappa shape index (κ1) is 68.3. The molecule has 1 aromatic carbocycles. The Morgan fingerprint density at radius 2 is 1.29 bits per heavy atom. The topological polar surface area (TPSA) is 346 Å². The fraction of sp³-hybridized carbons (Fsp3) is 0.590. The zero-order chi connectivity index (χ0) is 63.7. The van der Waals surface area contributed by atoms with E-state index in [9.17, 15) is 43.5 Å². The van der Waals surface area contributed by atoms with E-state index in [4.69, 9.17) is 57.1 Å². The number of carbonyl (C=O) groups is 7. The number of esters is 2. The van der Waals surface area contributed by atoms with Gasteiger partial charge < -0.3 is 77.7 Å². The van der Waals surface area contributed by atoms with Gasteiger partial charge in [-0.2, -0.15) is 0 Å². The molecule has 4 aliphatic rings. The van der Waals surface area contributed by atoms with Gasteiger partial charge in [0.15, 0.2) is 0 Å². The third kappa shape index (κ3) is 19.2. The molecule has 8 rings (SSSR count). The van der Waals surface area contributed by atoms with Crippen LogP contribution in [0.15, 0.2) is 47.4 Å². The van der Waals surface area contributed by atoms with Crippen LogP contribution in [0.3, 0.4) is 0 Å². The Labute approximate surface area is 519 Å². The fourth-order valence-electron chi connectivity index (χ4n) is 10.8. The largest absolute Gasteiger partial charge is 0.508 e. The van der Waals surface area contributed by atoms with Crippen LogP contribution in [-0.4, -0.2) is 215 Å². The number of carbonyl (C=O) groups excluding carboxylic acids is 7. The minimum absolute atomic E-state index is 0.0260. The summed E-state index contributed by atoms with van der Waals surface area (Å²) in [5, 5.41) is 27.1. The lowest BCUT2D eigenvalue weighted by Gasteiger charge is -2.35. The number of ether oxygens (including phenoxy) is 11. The van der Waals surface area contributed by atoms with Gasteiger partial charge in [0.05, 0.1) is 154 Å². The molecule has 5 amide bonds. The summed E-state index contributed by atoms with van der Waals surface area (Å²) in [7, 11) is 0. The lowest BCUT2D eigenvalue weighted by molar-refractivity contribution is -0.189. The lowest BCUT2D eigenvalue weighted by atomic mass is 9.81. The molecule has 3 aromatic heterocycles. The maximum absolute atomic E-state index is 14.0. The number of aromatic hydroxyl groups is 1. The minimum Gasteiger partial charge on any atom is -0.508 e. The molecular formula is C61H81N9O20. The first-order chi connectivity index (χ1) is 43.8. The van der Waals surface area contributed by atoms with Gasteiger partial charge in [-0.25, -0.2) is 14.5 Å². The number of benzene rings is 1. The van der Waals surface area contributed by atoms with Crippen LogP contribution in [0.1, 0.15) is 73.9 Å². The minimum atomic E-state index is -1.98. The van der Waals surface area contributed by atoms with Crippen LogP contribution in [0.2, 0.25) is 0 Å². The Kier molecular flexibility index (Phi) is 26.6. The molecule has 90 heavy (non-hydrogen) atoms. The molecule has 4 N–H and O–H groups in total. The van der Waals surface area contributed by atoms with Gasteiger partial charge in [0, 0.05) is 47.7 Å². The number of phenolic OH excluding ortho intramolecular Hbond substituents is 1. The molecular weight excluding hydrogens is 1180 g/mol. The van der Waals surface area contributed by atoms with Crippen molar-refractivity contribution in [2.75, 3.05) is 139 Å². The number of imide groups is 1. The van der Waals surface area contributed by atoms with Gasteiger partial charge in [-0.05, 0) is 74.3 Å². The molecule has 0 unspecified atom stereocenters. The smallest absolute Gasteiger partial charge is 0.355 e. The highest BCUT2D eigenvalue weighted by atomic mass is 16.6. The molecule has 4 aromatic rings. The number of cyclic esters (lactones) is 1. The maximum atomic E-state index is 14.0. The first-order valence-electron chi connectivity index (χ1n) is 30.5. The van der Waals surface area contributed by atoms with E-state index in [0.29, 0.717) is 154 Å². The molecule has 0 bridgehead atoms. The van der Waals surface area contributed by atoms with Gasteiger partial charge in [0.25, 0.3) is 17.4 Å². The Hall–Kier alpha value is -7.61. The molecule has 1 atom stereocenters. The third-order valence-electron chi connectivity index (χ3n) is 15.5. The normalized spacial score (nSPS) is 17.5. The van der Waals surface area contributed by atoms with Crippen LogP contribution in [0, 0.1) is 11.8 Å². The summed E-state index contributed by atoms with van der Waals surface area (Å²) >= 11 is 0. The first-order valence-corrected chi connectivity index (χ1v) is 30.5. The summed E-state index contributed by atoms with van der Waals surface area (Å²) in [4.78, 5) is 108. The van der Waals surface area contributed by atoms with E-state index in [1.165, 1.54) is 23.1 Å². The third-order valence-corrected chi connectivity index (χ3v) is 15.5. The van der Waals surface area contributed by atoms with E-state index in [1.54, 1.807) is 40.6 Å². The van der Waals surface area contributed by atoms with E-state index >= 15 is 0 Å². The molecule has 0 saturated heterocycles. The predicted octanol–water partition coefficient (Wildman–Crippen LogP) is 0.920. The Balaban J connectivity index is 0.544. The van der Waals surface area contributed by atoms with Crippen LogP contribution < -0.4 is 21.5 Å². The highest BCUT2D eigenvalue weighted by molar-refractivity contribution is 6.12. The average molecular weight is 1260 g/mol. The molecule has 1 aliphatic carbocycles. The Morgan fingerprint density at radius 1 is 0.700 bits per heavy atom. The molecule has 6 heterocycles. The number of aryl methyl sites for hydroxylation is 1. The molecule has 0 radical (unpaired) electrons. The van der Waals surface area contributed by atoms with Crippen LogP contribution in [0.5, 0.6) is 5.75 Å². The summed E-state index contributed by atoms with van der Waals surface area (Å²) in [6.07, 6.45) is 7.90. The number of fused-ring (bicyclic) bond motifs is 5. The fourth-order valence-corrected chi connectivity index (χ4v) is 10.8. The van der Waals surface area contributed by atoms with E-state index < -0.39 is 54.7 Å². The second-order valence-corrected chi connectivity index (χ2v) is 21.6. The number of nitrogens with one attached hydrogen (secondary N) is 3. The van der Waals surface area contributed by atoms with Crippen molar-refractivity contribution in [3.63, 3.8) is 0 Å². The van der Waals surface area contributed by atoms with Gasteiger partial charge in [0.2, 0.25) is 23.3 Å². The number of phenols is 1. The summed E-state index contributed by atoms with van der Waals surface area (Å²) < 4.78 is 63.9. The standard InChI is InChI=1S/C61H81N9O20/c1-3-45-46-31-44(71)9-10-50(46)65-57-47(45)37-69-51(57)32-49-48(59(69)78)38-89-60(79)61(49,4-2)90-56(76)34-63-53(73)40-88-39-52(72)62-13-15-80-17-19-82-21-23-84-25-27-86-29-30-87-28-26-85-24-22-83-20-18-81-16-14-68-36-43(66-67-68)33-64-58(77)42-7-5-41(6-8-42)35-70-54(74)11-12-55(70)75/h9-12,31-32,36,41-42,71H,3-8,13-30,33-35,37-40H2,1-2H3,(H,62,72)(H,63,73)(H,64,77)/t41?,42?,61-/m0/s1. The maximum Gasteiger partial charge on any atom is 0.355 e. The van der Waals surface area contributed by atoms with Crippen molar-refractivity contribution in [3.05, 3.63) is 80.9 Å². The number of aromatic nitrogens is 5. The lowest BCUT2D eigenvalue weighted by Crippen LogP contribution is -2.49. The zero-order valence-electron chi connectivity index (χ0n) is 51.0. The van der Waals surface area contributed by atoms with Crippen LogP contribution in [0.25, 0.3) is 22.3 Å². The van der Waals surface area contributed by atoms with Gasteiger partial charge in [-0.1, -0.05) is 19.1 Å². The number of hydrogen-bond donors (Lipinski definition) is 4. The second-order valence-electron chi connectivity index (χ2n) is 21.6. The second kappa shape index (κ2) is 35.1. The van der Waals surface area contributed by atoms with E-state index in [1.807, 2.05) is 6.92 Å². The van der Waals surface area contributed by atoms with Crippen molar-refractivity contribution >= 4 is 52.4 Å². The number of pyridine rings is 2. The molecule has 1 saturated carbocycles. The zero-order valence-corrected chi connectivity index (χ0v) is 51.0. The molecule has 1 fully saturated rings. The highest BCUT2D eigenvalue weighted by Gasteiger charge is 2.50. The van der Waals surface area contributed by atoms with E-state index in [2.05, 4.69) is 26.3 Å². The number of hydrogen-bond acceptors (Lipinski definition) is 23. The summed E-state index contributed by atoms with van der Waals surface area (Å²) in [6, 6.07) is 6.53. The van der Waals surface area contributed by atoms with E-state index in [0.717, 1.165) is 29.4 Å². The average Bonchev–Trinajstić information content (AvgIpc) is 1.55. The van der Waals surface area contributed by atoms with Crippen LogP contribution in [0.4, 0.5) is 0 Å². The molecule has 3 aliphatic heterocycles. The SMILES string of the molecule is CCc1c2c(nc3ccc(O)cc13)-c1cc3c(c(=O)n1C2)COC(=O)[C@@]3(CC)OC(=O)CNC(=O)COCC(=O)NCCOCCOCCOCCOCCOCCOCCOCCOCCn1cc(CNC(=O)C2CCC(CN3C(=O)C=CC3=O)CC2)nn1. The van der Waals surface area contributed by atoms with Gasteiger partial charge in [-0.15, -0.1) is 5.10 Å². The van der Waals surface area contributed by atoms with Crippen molar-refractivity contribution in [3.8, 4) is 17.1 Å². The van der Waals surface area contributed by atoms with Crippen LogP contribution >= 0.6 is 0 Å². The van der Waals surface area contributed by atoms with Gasteiger partial charge in [-0.3, -0.25) is 38.5 Å². The van der Waals surface area contributed by atoms with Crippen molar-refractivity contribution in [1.29, 1.82) is 0 Å².